The lowest BCUT2D eigenvalue weighted by Crippen LogP contribution is -2.38. The highest BCUT2D eigenvalue weighted by Crippen LogP contribution is 2.26. The minimum Gasteiger partial charge on any atom is -0.393 e. The first-order valence-corrected chi connectivity index (χ1v) is 6.71. The maximum absolute atomic E-state index is 11.9. The smallest absolute Gasteiger partial charge is 0.267 e. The van der Waals surface area contributed by atoms with E-state index in [1.165, 1.54) is 0 Å². The quantitative estimate of drug-likeness (QED) is 0.890. The maximum Gasteiger partial charge on any atom is 0.267 e. The highest BCUT2D eigenvalue weighted by atomic mass is 79.9. The predicted molar refractivity (Wildman–Crippen MR) is 68.9 cm³/mol. The number of halogens is 1. The van der Waals surface area contributed by atoms with Gasteiger partial charge in [0.2, 0.25) is 0 Å². The number of amides is 1. The van der Waals surface area contributed by atoms with Crippen molar-refractivity contribution in [1.82, 2.24) is 9.88 Å². The highest BCUT2D eigenvalue weighted by molar-refractivity contribution is 9.10. The van der Waals surface area contributed by atoms with Crippen molar-refractivity contribution in [2.75, 3.05) is 6.54 Å². The Morgan fingerprint density at radius 3 is 2.94 bits per heavy atom. The van der Waals surface area contributed by atoms with Crippen LogP contribution < -0.4 is 5.32 Å². The van der Waals surface area contributed by atoms with E-state index in [4.69, 9.17) is 5.11 Å². The van der Waals surface area contributed by atoms with Crippen molar-refractivity contribution in [3.63, 3.8) is 0 Å². The molecule has 0 aliphatic heterocycles. The molecule has 2 rings (SSSR count). The van der Waals surface area contributed by atoms with Crippen molar-refractivity contribution in [3.05, 3.63) is 22.4 Å². The van der Waals surface area contributed by atoms with Crippen molar-refractivity contribution in [3.8, 4) is 0 Å². The van der Waals surface area contributed by atoms with Crippen molar-refractivity contribution in [2.24, 2.45) is 5.92 Å². The summed E-state index contributed by atoms with van der Waals surface area (Å²) in [5, 5.41) is 12.1. The number of hydrogen-bond acceptors (Lipinski definition) is 2. The molecule has 17 heavy (non-hydrogen) atoms. The summed E-state index contributed by atoms with van der Waals surface area (Å²) >= 11 is 3.37. The SMILES string of the molecule is CCn1cc(Br)cc1C(=O)NCC1CC(O)C1. The molecule has 0 atom stereocenters. The van der Waals surface area contributed by atoms with Crippen LogP contribution in [-0.2, 0) is 6.54 Å². The third-order valence-corrected chi connectivity index (χ3v) is 3.63. The molecule has 0 bridgehead atoms. The van der Waals surface area contributed by atoms with E-state index in [2.05, 4.69) is 21.2 Å². The summed E-state index contributed by atoms with van der Waals surface area (Å²) in [6.07, 6.45) is 3.35. The monoisotopic (exact) mass is 300 g/mol. The second-order valence-electron chi connectivity index (χ2n) is 4.53. The molecule has 0 radical (unpaired) electrons. The van der Waals surface area contributed by atoms with Crippen LogP contribution in [0.3, 0.4) is 0 Å². The number of aryl methyl sites for hydroxylation is 1. The first-order valence-electron chi connectivity index (χ1n) is 5.92. The summed E-state index contributed by atoms with van der Waals surface area (Å²) in [7, 11) is 0. The van der Waals surface area contributed by atoms with Gasteiger partial charge in [-0.3, -0.25) is 4.79 Å². The molecule has 1 aliphatic rings. The van der Waals surface area contributed by atoms with Gasteiger partial charge in [0, 0.05) is 23.8 Å². The summed E-state index contributed by atoms with van der Waals surface area (Å²) < 4.78 is 2.83. The van der Waals surface area contributed by atoms with E-state index in [1.54, 1.807) is 0 Å². The van der Waals surface area contributed by atoms with Crippen LogP contribution in [0.4, 0.5) is 0 Å². The number of aliphatic hydroxyl groups excluding tert-OH is 1. The van der Waals surface area contributed by atoms with Gasteiger partial charge in [-0.1, -0.05) is 0 Å². The Hall–Kier alpha value is -0.810. The van der Waals surface area contributed by atoms with Gasteiger partial charge in [0.15, 0.2) is 0 Å². The standard InChI is InChI=1S/C12H17BrN2O2/c1-2-15-7-9(13)5-11(15)12(17)14-6-8-3-10(16)4-8/h5,7-8,10,16H,2-4,6H2,1H3,(H,14,17). The molecule has 2 N–H and O–H groups in total. The average molecular weight is 301 g/mol. The molecule has 94 valence electrons. The Bertz CT molecular complexity index is 411. The average Bonchev–Trinajstić information content (AvgIpc) is 2.64. The number of carbonyl (C=O) groups is 1. The third-order valence-electron chi connectivity index (χ3n) is 3.20. The number of rotatable bonds is 4. The first kappa shape index (κ1) is 12.6. The lowest BCUT2D eigenvalue weighted by atomic mass is 9.82. The van der Waals surface area contributed by atoms with Crippen molar-refractivity contribution in [1.29, 1.82) is 0 Å². The van der Waals surface area contributed by atoms with Crippen molar-refractivity contribution >= 4 is 21.8 Å². The molecule has 1 amide bonds. The minimum absolute atomic E-state index is 0.0426. The highest BCUT2D eigenvalue weighted by Gasteiger charge is 2.27. The van der Waals surface area contributed by atoms with E-state index < -0.39 is 0 Å². The second-order valence-corrected chi connectivity index (χ2v) is 5.45. The molecule has 1 aromatic heterocycles. The molecule has 1 aliphatic carbocycles. The zero-order chi connectivity index (χ0) is 12.4. The molecule has 1 aromatic rings. The Kier molecular flexibility index (Phi) is 3.89. The van der Waals surface area contributed by atoms with E-state index in [1.807, 2.05) is 23.8 Å². The zero-order valence-electron chi connectivity index (χ0n) is 9.82. The fourth-order valence-electron chi connectivity index (χ4n) is 2.12. The van der Waals surface area contributed by atoms with Crippen LogP contribution >= 0.6 is 15.9 Å². The number of hydrogen-bond donors (Lipinski definition) is 2. The van der Waals surface area contributed by atoms with Crippen LogP contribution in [0.25, 0.3) is 0 Å². The molecular formula is C12H17BrN2O2. The number of nitrogens with zero attached hydrogens (tertiary/aromatic N) is 1. The van der Waals surface area contributed by atoms with Gasteiger partial charge in [0.25, 0.3) is 5.91 Å². The number of aliphatic hydroxyl groups is 1. The summed E-state index contributed by atoms with van der Waals surface area (Å²) in [5.74, 6) is 0.390. The normalized spacial score (nSPS) is 23.2. The third kappa shape index (κ3) is 2.90. The molecule has 0 aromatic carbocycles. The van der Waals surface area contributed by atoms with E-state index >= 15 is 0 Å². The Morgan fingerprint density at radius 2 is 2.35 bits per heavy atom. The zero-order valence-corrected chi connectivity index (χ0v) is 11.4. The van der Waals surface area contributed by atoms with Gasteiger partial charge in [-0.2, -0.15) is 0 Å². The van der Waals surface area contributed by atoms with E-state index in [9.17, 15) is 4.79 Å². The Labute approximate surface area is 109 Å². The molecule has 1 heterocycles. The Morgan fingerprint density at radius 1 is 1.65 bits per heavy atom. The number of nitrogens with one attached hydrogen (secondary N) is 1. The largest absolute Gasteiger partial charge is 0.393 e. The summed E-state index contributed by atoms with van der Waals surface area (Å²) in [6.45, 7) is 3.43. The second kappa shape index (κ2) is 5.23. The number of aromatic nitrogens is 1. The van der Waals surface area contributed by atoms with Gasteiger partial charge in [-0.05, 0) is 47.7 Å². The molecule has 0 unspecified atom stereocenters. The van der Waals surface area contributed by atoms with Gasteiger partial charge in [-0.15, -0.1) is 0 Å². The molecular weight excluding hydrogens is 284 g/mol. The molecule has 0 spiro atoms. The van der Waals surface area contributed by atoms with Crippen LogP contribution in [0.1, 0.15) is 30.3 Å². The maximum atomic E-state index is 11.9. The van der Waals surface area contributed by atoms with Gasteiger partial charge in [0.1, 0.15) is 5.69 Å². The van der Waals surface area contributed by atoms with Crippen LogP contribution in [0.5, 0.6) is 0 Å². The van der Waals surface area contributed by atoms with Crippen LogP contribution in [0, 0.1) is 5.92 Å². The molecule has 5 heteroatoms. The summed E-state index contributed by atoms with van der Waals surface area (Å²) in [6, 6.07) is 1.83. The molecule has 0 saturated heterocycles. The lowest BCUT2D eigenvalue weighted by Gasteiger charge is -2.31. The van der Waals surface area contributed by atoms with E-state index in [0.29, 0.717) is 18.2 Å². The summed E-state index contributed by atoms with van der Waals surface area (Å²) in [5.41, 5.74) is 0.680. The Balaban J connectivity index is 1.90. The van der Waals surface area contributed by atoms with Crippen LogP contribution in [0.15, 0.2) is 16.7 Å². The topological polar surface area (TPSA) is 54.3 Å². The van der Waals surface area contributed by atoms with Crippen LogP contribution in [0.2, 0.25) is 0 Å². The lowest BCUT2D eigenvalue weighted by molar-refractivity contribution is 0.0419. The summed E-state index contributed by atoms with van der Waals surface area (Å²) in [4.78, 5) is 11.9. The fourth-order valence-corrected chi connectivity index (χ4v) is 2.59. The van der Waals surface area contributed by atoms with Crippen molar-refractivity contribution < 1.29 is 9.90 Å². The molecule has 1 fully saturated rings. The molecule has 1 saturated carbocycles. The van der Waals surface area contributed by atoms with E-state index in [0.717, 1.165) is 23.9 Å². The van der Waals surface area contributed by atoms with Gasteiger partial charge >= 0.3 is 0 Å². The number of carbonyl (C=O) groups excluding carboxylic acids is 1. The minimum atomic E-state index is -0.162. The van der Waals surface area contributed by atoms with Gasteiger partial charge < -0.3 is 15.0 Å². The van der Waals surface area contributed by atoms with E-state index in [-0.39, 0.29) is 12.0 Å². The first-order chi connectivity index (χ1) is 8.10. The fraction of sp³-hybridized carbons (Fsp3) is 0.583. The van der Waals surface area contributed by atoms with Gasteiger partial charge in [-0.25, -0.2) is 0 Å². The van der Waals surface area contributed by atoms with Crippen molar-refractivity contribution in [2.45, 2.75) is 32.4 Å². The predicted octanol–water partition coefficient (Wildman–Crippen LogP) is 1.77. The van der Waals surface area contributed by atoms with Crippen LogP contribution in [-0.4, -0.2) is 28.2 Å². The molecule has 4 nitrogen and oxygen atoms in total. The van der Waals surface area contributed by atoms with Gasteiger partial charge in [0.05, 0.1) is 6.10 Å².